The first-order valence-corrected chi connectivity index (χ1v) is 9.50. The molecule has 1 heterocycles. The van der Waals surface area contributed by atoms with Crippen LogP contribution in [0.2, 0.25) is 0 Å². The Labute approximate surface area is 171 Å². The van der Waals surface area contributed by atoms with Crippen molar-refractivity contribution in [1.82, 2.24) is 15.2 Å². The average Bonchev–Trinajstić information content (AvgIpc) is 3.20. The second-order valence-electron chi connectivity index (χ2n) is 6.99. The summed E-state index contributed by atoms with van der Waals surface area (Å²) in [6, 6.07) is 17.4. The zero-order valence-corrected chi connectivity index (χ0v) is 17.0. The minimum Gasteiger partial charge on any atom is -0.497 e. The van der Waals surface area contributed by atoms with Gasteiger partial charge in [-0.25, -0.2) is 5.01 Å². The molecule has 1 unspecified atom stereocenters. The zero-order valence-electron chi connectivity index (χ0n) is 17.0. The summed E-state index contributed by atoms with van der Waals surface area (Å²) in [6.07, 6.45) is 0.626. The largest absolute Gasteiger partial charge is 0.497 e. The zero-order chi connectivity index (χ0) is 20.8. The van der Waals surface area contributed by atoms with Crippen molar-refractivity contribution in [2.24, 2.45) is 5.10 Å². The monoisotopic (exact) mass is 394 g/mol. The Kier molecular flexibility index (Phi) is 6.61. The van der Waals surface area contributed by atoms with E-state index in [1.54, 1.807) is 31.1 Å². The van der Waals surface area contributed by atoms with Crippen LogP contribution in [0, 0.1) is 0 Å². The van der Waals surface area contributed by atoms with E-state index in [0.29, 0.717) is 6.42 Å². The highest BCUT2D eigenvalue weighted by atomic mass is 16.5. The number of benzene rings is 2. The fourth-order valence-electron chi connectivity index (χ4n) is 3.31. The van der Waals surface area contributed by atoms with Crippen LogP contribution in [0.3, 0.4) is 0 Å². The smallest absolute Gasteiger partial charge is 0.257 e. The van der Waals surface area contributed by atoms with E-state index >= 15 is 0 Å². The molecule has 0 radical (unpaired) electrons. The Hall–Kier alpha value is -3.19. The van der Waals surface area contributed by atoms with E-state index in [2.05, 4.69) is 10.4 Å². The van der Waals surface area contributed by atoms with Gasteiger partial charge in [-0.3, -0.25) is 14.5 Å². The fourth-order valence-corrected chi connectivity index (χ4v) is 3.31. The molecule has 29 heavy (non-hydrogen) atoms. The predicted molar refractivity (Wildman–Crippen MR) is 112 cm³/mol. The van der Waals surface area contributed by atoms with E-state index in [1.165, 1.54) is 0 Å². The molecule has 2 amide bonds. The third kappa shape index (κ3) is 5.00. The molecule has 1 atom stereocenters. The van der Waals surface area contributed by atoms with Crippen LogP contribution in [-0.2, 0) is 9.59 Å². The number of hydrogen-bond acceptors (Lipinski definition) is 5. The van der Waals surface area contributed by atoms with E-state index in [9.17, 15) is 9.59 Å². The van der Waals surface area contributed by atoms with Gasteiger partial charge in [-0.1, -0.05) is 42.5 Å². The Morgan fingerprint density at radius 1 is 1.14 bits per heavy atom. The molecule has 0 aromatic heterocycles. The normalized spacial score (nSPS) is 15.9. The van der Waals surface area contributed by atoms with Crippen LogP contribution >= 0.6 is 0 Å². The molecule has 0 aliphatic carbocycles. The first kappa shape index (κ1) is 20.5. The molecule has 0 bridgehead atoms. The summed E-state index contributed by atoms with van der Waals surface area (Å²) in [5.41, 5.74) is 2.86. The maximum Gasteiger partial charge on any atom is 0.257 e. The van der Waals surface area contributed by atoms with Crippen molar-refractivity contribution in [1.29, 1.82) is 0 Å². The van der Waals surface area contributed by atoms with E-state index in [1.807, 2.05) is 54.6 Å². The highest BCUT2D eigenvalue weighted by Gasteiger charge is 2.33. The standard InChI is InChI=1S/C22H26N4O3/c1-23-21(27)14-25(2)15-22(28)26-20(17-9-11-18(29-3)12-10-17)13-19(24-26)16-7-5-4-6-8-16/h4-12,20H,13-15H2,1-3H3,(H,23,27). The van der Waals surface area contributed by atoms with Gasteiger partial charge in [0.1, 0.15) is 5.75 Å². The minimum absolute atomic E-state index is 0.103. The van der Waals surface area contributed by atoms with Crippen molar-refractivity contribution in [2.75, 3.05) is 34.3 Å². The number of likely N-dealkylation sites (N-methyl/N-ethyl adjacent to an activating group) is 2. The molecule has 1 aliphatic rings. The number of carbonyl (C=O) groups is 2. The van der Waals surface area contributed by atoms with Crippen molar-refractivity contribution >= 4 is 17.5 Å². The number of carbonyl (C=O) groups excluding carboxylic acids is 2. The van der Waals surface area contributed by atoms with E-state index < -0.39 is 0 Å². The summed E-state index contributed by atoms with van der Waals surface area (Å²) in [6.45, 7) is 0.254. The van der Waals surface area contributed by atoms with Crippen molar-refractivity contribution in [2.45, 2.75) is 12.5 Å². The van der Waals surface area contributed by atoms with E-state index in [-0.39, 0.29) is 30.9 Å². The van der Waals surface area contributed by atoms with Crippen LogP contribution in [0.25, 0.3) is 0 Å². The lowest BCUT2D eigenvalue weighted by molar-refractivity contribution is -0.134. The molecule has 0 fully saturated rings. The van der Waals surface area contributed by atoms with Crippen LogP contribution in [0.15, 0.2) is 59.7 Å². The number of ether oxygens (including phenoxy) is 1. The topological polar surface area (TPSA) is 74.2 Å². The number of amides is 2. The Morgan fingerprint density at radius 3 is 2.45 bits per heavy atom. The molecule has 2 aromatic carbocycles. The van der Waals surface area contributed by atoms with Crippen LogP contribution in [0.5, 0.6) is 5.75 Å². The number of methoxy groups -OCH3 is 1. The van der Waals surface area contributed by atoms with Gasteiger partial charge >= 0.3 is 0 Å². The van der Waals surface area contributed by atoms with Crippen molar-refractivity contribution < 1.29 is 14.3 Å². The predicted octanol–water partition coefficient (Wildman–Crippen LogP) is 2.05. The minimum atomic E-state index is -0.197. The summed E-state index contributed by atoms with van der Waals surface area (Å²) in [7, 11) is 4.95. The molecule has 0 saturated carbocycles. The lowest BCUT2D eigenvalue weighted by Crippen LogP contribution is -2.40. The summed E-state index contributed by atoms with van der Waals surface area (Å²) in [4.78, 5) is 26.3. The third-order valence-electron chi connectivity index (χ3n) is 4.87. The number of rotatable bonds is 7. The molecule has 1 N–H and O–H groups in total. The lowest BCUT2D eigenvalue weighted by atomic mass is 9.98. The highest BCUT2D eigenvalue weighted by Crippen LogP contribution is 2.33. The molecule has 2 aromatic rings. The Morgan fingerprint density at radius 2 is 1.83 bits per heavy atom. The second kappa shape index (κ2) is 9.34. The molecule has 3 rings (SSSR count). The average molecular weight is 394 g/mol. The third-order valence-corrected chi connectivity index (χ3v) is 4.87. The maximum atomic E-state index is 13.0. The van der Waals surface area contributed by atoms with Crippen molar-refractivity contribution in [3.05, 3.63) is 65.7 Å². The van der Waals surface area contributed by atoms with E-state index in [4.69, 9.17) is 4.74 Å². The molecule has 0 spiro atoms. The van der Waals surface area contributed by atoms with Gasteiger partial charge in [-0.15, -0.1) is 0 Å². The molecule has 0 saturated heterocycles. The van der Waals surface area contributed by atoms with Crippen LogP contribution in [0.1, 0.15) is 23.6 Å². The van der Waals surface area contributed by atoms with Gasteiger partial charge in [0.25, 0.3) is 5.91 Å². The number of hydrazone groups is 1. The molecule has 7 heteroatoms. The highest BCUT2D eigenvalue weighted by molar-refractivity contribution is 6.03. The van der Waals surface area contributed by atoms with Gasteiger partial charge < -0.3 is 10.1 Å². The molecular formula is C22H26N4O3. The van der Waals surface area contributed by atoms with Gasteiger partial charge in [-0.2, -0.15) is 5.10 Å². The number of nitrogens with zero attached hydrogens (tertiary/aromatic N) is 3. The van der Waals surface area contributed by atoms with Crippen molar-refractivity contribution in [3.63, 3.8) is 0 Å². The van der Waals surface area contributed by atoms with Crippen LogP contribution in [0.4, 0.5) is 0 Å². The van der Waals surface area contributed by atoms with Gasteiger partial charge in [0.2, 0.25) is 5.91 Å². The summed E-state index contributed by atoms with van der Waals surface area (Å²) in [5, 5.41) is 8.77. The second-order valence-corrected chi connectivity index (χ2v) is 6.99. The molecule has 152 valence electrons. The first-order chi connectivity index (χ1) is 14.0. The summed E-state index contributed by atoms with van der Waals surface area (Å²) in [5.74, 6) is 0.476. The SMILES string of the molecule is CNC(=O)CN(C)CC(=O)N1N=C(c2ccccc2)CC1c1ccc(OC)cc1. The van der Waals surface area contributed by atoms with E-state index in [0.717, 1.165) is 22.6 Å². The Bertz CT molecular complexity index is 881. The first-order valence-electron chi connectivity index (χ1n) is 9.50. The van der Waals surface area contributed by atoms with Gasteiger partial charge in [0.05, 0.1) is 32.0 Å². The van der Waals surface area contributed by atoms with Crippen LogP contribution in [-0.4, -0.2) is 61.7 Å². The summed E-state index contributed by atoms with van der Waals surface area (Å²) < 4.78 is 5.24. The van der Waals surface area contributed by atoms with Crippen LogP contribution < -0.4 is 10.1 Å². The van der Waals surface area contributed by atoms with Crippen molar-refractivity contribution in [3.8, 4) is 5.75 Å². The number of nitrogens with one attached hydrogen (secondary N) is 1. The summed E-state index contributed by atoms with van der Waals surface area (Å²) >= 11 is 0. The number of hydrogen-bond donors (Lipinski definition) is 1. The van der Waals surface area contributed by atoms with Gasteiger partial charge in [0, 0.05) is 13.5 Å². The lowest BCUT2D eigenvalue weighted by Gasteiger charge is -2.24. The maximum absolute atomic E-state index is 13.0. The Balaban J connectivity index is 1.84. The quantitative estimate of drug-likeness (QED) is 0.780. The van der Waals surface area contributed by atoms with Gasteiger partial charge in [-0.05, 0) is 30.3 Å². The molecule has 7 nitrogen and oxygen atoms in total. The molecule has 1 aliphatic heterocycles. The molecular weight excluding hydrogens is 368 g/mol. The van der Waals surface area contributed by atoms with Gasteiger partial charge in [0.15, 0.2) is 0 Å². The fraction of sp³-hybridized carbons (Fsp3) is 0.318.